The number of halogens is 3. The normalized spacial score (nSPS) is 16.2. The number of aromatic nitrogens is 2. The summed E-state index contributed by atoms with van der Waals surface area (Å²) < 4.78 is 15.8. The molecule has 144 valence electrons. The van der Waals surface area contributed by atoms with Crippen LogP contribution in [0.1, 0.15) is 29.8 Å². The summed E-state index contributed by atoms with van der Waals surface area (Å²) in [5, 5.41) is 11.9. The maximum atomic E-state index is 14.0. The summed E-state index contributed by atoms with van der Waals surface area (Å²) in [6.45, 7) is 4.84. The number of carbonyl (C=O) groups is 1. The van der Waals surface area contributed by atoms with E-state index in [2.05, 4.69) is 15.6 Å². The van der Waals surface area contributed by atoms with Gasteiger partial charge in [-0.3, -0.25) is 9.48 Å². The Morgan fingerprint density at radius 1 is 1.41 bits per heavy atom. The molecule has 3 rings (SSSR count). The molecule has 1 N–H and O–H groups in total. The summed E-state index contributed by atoms with van der Waals surface area (Å²) in [4.78, 5) is 17.4. The zero-order chi connectivity index (χ0) is 19.6. The third-order valence-electron chi connectivity index (χ3n) is 4.35. The molecular formula is C18H19Cl2FN4O2. The summed E-state index contributed by atoms with van der Waals surface area (Å²) in [7, 11) is 0. The molecular weight excluding hydrogens is 394 g/mol. The Morgan fingerprint density at radius 3 is 2.85 bits per heavy atom. The molecule has 0 saturated carbocycles. The zero-order valence-corrected chi connectivity index (χ0v) is 16.4. The minimum absolute atomic E-state index is 0.166. The van der Waals surface area contributed by atoms with Crippen molar-refractivity contribution in [3.8, 4) is 0 Å². The molecule has 1 atom stereocenters. The van der Waals surface area contributed by atoms with E-state index in [1.54, 1.807) is 6.07 Å². The summed E-state index contributed by atoms with van der Waals surface area (Å²) >= 11 is 12.1. The van der Waals surface area contributed by atoms with Gasteiger partial charge in [-0.15, -0.1) is 0 Å². The predicted molar refractivity (Wildman–Crippen MR) is 102 cm³/mol. The second-order valence-electron chi connectivity index (χ2n) is 6.29. The molecule has 1 amide bonds. The van der Waals surface area contributed by atoms with Crippen LogP contribution < -0.4 is 5.32 Å². The first-order chi connectivity index (χ1) is 12.9. The van der Waals surface area contributed by atoms with Gasteiger partial charge in [0.05, 0.1) is 32.7 Å². The molecule has 0 fully saturated rings. The fourth-order valence-electron chi connectivity index (χ4n) is 2.89. The third-order valence-corrected chi connectivity index (χ3v) is 5.21. The van der Waals surface area contributed by atoms with Crippen molar-refractivity contribution in [1.82, 2.24) is 15.1 Å². The van der Waals surface area contributed by atoms with Crippen LogP contribution in [0.3, 0.4) is 0 Å². The minimum Gasteiger partial charge on any atom is -0.382 e. The van der Waals surface area contributed by atoms with Crippen LogP contribution in [0.15, 0.2) is 23.4 Å². The van der Waals surface area contributed by atoms with Crippen LogP contribution in [-0.2, 0) is 16.2 Å². The van der Waals surface area contributed by atoms with Gasteiger partial charge >= 0.3 is 0 Å². The smallest absolute Gasteiger partial charge is 0.264 e. The van der Waals surface area contributed by atoms with Gasteiger partial charge in [0.1, 0.15) is 5.82 Å². The molecule has 6 nitrogen and oxygen atoms in total. The quantitative estimate of drug-likeness (QED) is 0.736. The second-order valence-corrected chi connectivity index (χ2v) is 7.07. The van der Waals surface area contributed by atoms with E-state index in [0.717, 1.165) is 11.4 Å². The Labute approximate surface area is 166 Å². The molecule has 1 unspecified atom stereocenters. The molecule has 27 heavy (non-hydrogen) atoms. The molecule has 1 aliphatic rings. The van der Waals surface area contributed by atoms with Crippen molar-refractivity contribution in [3.05, 3.63) is 51.0 Å². The fourth-order valence-corrected chi connectivity index (χ4v) is 3.29. The van der Waals surface area contributed by atoms with Gasteiger partial charge in [0.15, 0.2) is 0 Å². The topological polar surface area (TPSA) is 68.5 Å². The van der Waals surface area contributed by atoms with Crippen molar-refractivity contribution < 1.29 is 14.0 Å². The highest BCUT2D eigenvalue weighted by atomic mass is 35.5. The number of amides is 1. The van der Waals surface area contributed by atoms with E-state index >= 15 is 0 Å². The lowest BCUT2D eigenvalue weighted by molar-refractivity contribution is -0.131. The third kappa shape index (κ3) is 4.25. The summed E-state index contributed by atoms with van der Waals surface area (Å²) in [5.41, 5.74) is 2.19. The molecule has 0 saturated heterocycles. The molecule has 9 heteroatoms. The SMILES string of the molecule is Cc1nn(CCCNC(=O)C2CC(c3c(F)cccc3Cl)=NO2)c(C)c1Cl. The maximum absolute atomic E-state index is 14.0. The number of hydrogen-bond donors (Lipinski definition) is 1. The van der Waals surface area contributed by atoms with Gasteiger partial charge in [0.25, 0.3) is 5.91 Å². The molecule has 1 aromatic carbocycles. The van der Waals surface area contributed by atoms with E-state index in [1.165, 1.54) is 12.1 Å². The maximum Gasteiger partial charge on any atom is 0.264 e. The number of carbonyl (C=O) groups excluding carboxylic acids is 1. The van der Waals surface area contributed by atoms with E-state index in [0.29, 0.717) is 30.2 Å². The van der Waals surface area contributed by atoms with Gasteiger partial charge in [-0.25, -0.2) is 4.39 Å². The molecule has 1 aromatic heterocycles. The number of nitrogens with one attached hydrogen (secondary N) is 1. The van der Waals surface area contributed by atoms with Crippen LogP contribution in [-0.4, -0.2) is 34.0 Å². The Bertz CT molecular complexity index is 877. The highest BCUT2D eigenvalue weighted by Crippen LogP contribution is 2.25. The lowest BCUT2D eigenvalue weighted by Crippen LogP contribution is -2.35. The van der Waals surface area contributed by atoms with E-state index in [4.69, 9.17) is 28.0 Å². The van der Waals surface area contributed by atoms with Crippen molar-refractivity contribution >= 4 is 34.8 Å². The molecule has 1 aliphatic heterocycles. The fraction of sp³-hybridized carbons (Fsp3) is 0.389. The Balaban J connectivity index is 1.48. The molecule has 0 bridgehead atoms. The first-order valence-corrected chi connectivity index (χ1v) is 9.28. The van der Waals surface area contributed by atoms with Crippen molar-refractivity contribution in [2.24, 2.45) is 5.16 Å². The van der Waals surface area contributed by atoms with Gasteiger partial charge in [0, 0.05) is 19.5 Å². The number of hydrogen-bond acceptors (Lipinski definition) is 4. The van der Waals surface area contributed by atoms with Crippen LogP contribution in [0.4, 0.5) is 4.39 Å². The highest BCUT2D eigenvalue weighted by molar-refractivity contribution is 6.34. The number of aryl methyl sites for hydroxylation is 2. The molecule has 2 aromatic rings. The zero-order valence-electron chi connectivity index (χ0n) is 14.9. The van der Waals surface area contributed by atoms with Crippen LogP contribution >= 0.6 is 23.2 Å². The number of oxime groups is 1. The second kappa shape index (κ2) is 8.27. The van der Waals surface area contributed by atoms with Gasteiger partial charge in [-0.1, -0.05) is 34.4 Å². The van der Waals surface area contributed by atoms with Crippen molar-refractivity contribution in [1.29, 1.82) is 0 Å². The molecule has 2 heterocycles. The summed E-state index contributed by atoms with van der Waals surface area (Å²) in [6.07, 6.45) is 0.0576. The Kier molecular flexibility index (Phi) is 6.01. The average molecular weight is 413 g/mol. The Morgan fingerprint density at radius 2 is 2.19 bits per heavy atom. The van der Waals surface area contributed by atoms with Crippen molar-refractivity contribution in [2.45, 2.75) is 39.3 Å². The first-order valence-electron chi connectivity index (χ1n) is 8.52. The number of benzene rings is 1. The van der Waals surface area contributed by atoms with Crippen LogP contribution in [0.5, 0.6) is 0 Å². The molecule has 0 aliphatic carbocycles. The van der Waals surface area contributed by atoms with Crippen LogP contribution in [0.25, 0.3) is 0 Å². The first kappa shape index (κ1) is 19.6. The average Bonchev–Trinajstić information content (AvgIpc) is 3.20. The van der Waals surface area contributed by atoms with Gasteiger partial charge in [-0.05, 0) is 32.4 Å². The lowest BCUT2D eigenvalue weighted by Gasteiger charge is -2.10. The number of rotatable bonds is 6. The van der Waals surface area contributed by atoms with Crippen LogP contribution in [0, 0.1) is 19.7 Å². The molecule has 0 spiro atoms. The minimum atomic E-state index is -0.793. The number of nitrogens with zero attached hydrogens (tertiary/aromatic N) is 3. The largest absolute Gasteiger partial charge is 0.382 e. The van der Waals surface area contributed by atoms with E-state index < -0.39 is 11.9 Å². The van der Waals surface area contributed by atoms with Gasteiger partial charge in [0.2, 0.25) is 6.10 Å². The predicted octanol–water partition coefficient (Wildman–Crippen LogP) is 3.65. The van der Waals surface area contributed by atoms with Crippen molar-refractivity contribution in [2.75, 3.05) is 6.54 Å². The summed E-state index contributed by atoms with van der Waals surface area (Å²) in [6, 6.07) is 4.38. The standard InChI is InChI=1S/C18H19Cl2FN4O2/c1-10-17(20)11(2)25(23-10)8-4-7-22-18(26)15-9-14(24-27-15)16-12(19)5-3-6-13(16)21/h3,5-6,15H,4,7-9H2,1-2H3,(H,22,26). The van der Waals surface area contributed by atoms with E-state index in [-0.39, 0.29) is 22.9 Å². The molecule has 0 radical (unpaired) electrons. The van der Waals surface area contributed by atoms with Crippen molar-refractivity contribution in [3.63, 3.8) is 0 Å². The van der Waals surface area contributed by atoms with E-state index in [1.807, 2.05) is 18.5 Å². The Hall–Kier alpha value is -2.12. The van der Waals surface area contributed by atoms with Gasteiger partial charge < -0.3 is 10.2 Å². The lowest BCUT2D eigenvalue weighted by atomic mass is 10.0. The van der Waals surface area contributed by atoms with Crippen LogP contribution in [0.2, 0.25) is 10.0 Å². The van der Waals surface area contributed by atoms with E-state index in [9.17, 15) is 9.18 Å². The summed E-state index contributed by atoms with van der Waals surface area (Å²) in [5.74, 6) is -0.790. The highest BCUT2D eigenvalue weighted by Gasteiger charge is 2.30. The monoisotopic (exact) mass is 412 g/mol. The van der Waals surface area contributed by atoms with Gasteiger partial charge in [-0.2, -0.15) is 5.10 Å².